The number of hydrogen-bond acceptors (Lipinski definition) is 4. The van der Waals surface area contributed by atoms with Crippen LogP contribution in [0.4, 0.5) is 10.3 Å². The van der Waals surface area contributed by atoms with Gasteiger partial charge in [-0.25, -0.2) is 4.98 Å². The van der Waals surface area contributed by atoms with E-state index in [0.29, 0.717) is 11.7 Å². The lowest BCUT2D eigenvalue weighted by Gasteiger charge is -2.08. The van der Waals surface area contributed by atoms with E-state index in [1.807, 2.05) is 30.3 Å². The highest BCUT2D eigenvalue weighted by molar-refractivity contribution is 9.10. The smallest absolute Gasteiger partial charge is 0.260 e. The molecular weight excluding hydrogens is 337 g/mol. The monoisotopic (exact) mass is 347 g/mol. The molecule has 0 amide bonds. The second kappa shape index (κ2) is 5.65. The Morgan fingerprint density at radius 3 is 2.71 bits per heavy atom. The minimum atomic E-state index is -0.607. The third-order valence-corrected chi connectivity index (χ3v) is 3.42. The van der Waals surface area contributed by atoms with Crippen molar-refractivity contribution in [2.75, 3.05) is 12.4 Å². The van der Waals surface area contributed by atoms with Gasteiger partial charge in [-0.2, -0.15) is 9.37 Å². The molecule has 1 heterocycles. The number of ether oxygens (including phenoxy) is 1. The molecule has 0 saturated carbocycles. The summed E-state index contributed by atoms with van der Waals surface area (Å²) in [5.74, 6) is 0.108. The van der Waals surface area contributed by atoms with Gasteiger partial charge in [-0.3, -0.25) is 0 Å². The fraction of sp³-hybridized carbons (Fsp3) is 0.0667. The Morgan fingerprint density at radius 2 is 1.90 bits per heavy atom. The topological polar surface area (TPSA) is 47.0 Å². The average molecular weight is 348 g/mol. The van der Waals surface area contributed by atoms with Crippen LogP contribution in [0.1, 0.15) is 0 Å². The predicted octanol–water partition coefficient (Wildman–Crippen LogP) is 4.37. The van der Waals surface area contributed by atoms with Crippen LogP contribution >= 0.6 is 15.9 Å². The molecule has 0 aliphatic carbocycles. The summed E-state index contributed by atoms with van der Waals surface area (Å²) in [6.45, 7) is 0. The molecule has 3 rings (SSSR count). The van der Waals surface area contributed by atoms with Crippen LogP contribution in [0, 0.1) is 5.82 Å². The number of rotatable bonds is 3. The van der Waals surface area contributed by atoms with Crippen molar-refractivity contribution >= 4 is 32.7 Å². The minimum absolute atomic E-state index is 0.106. The van der Waals surface area contributed by atoms with Crippen LogP contribution in [0.5, 0.6) is 11.6 Å². The highest BCUT2D eigenvalue weighted by Gasteiger charge is 2.09. The molecule has 21 heavy (non-hydrogen) atoms. The summed E-state index contributed by atoms with van der Waals surface area (Å²) in [6, 6.07) is 11.4. The molecule has 0 fully saturated rings. The SMILES string of the molecule is CNc1ncc(F)c(Oc2ccc3cc(Br)ccc3c2)n1. The average Bonchev–Trinajstić information content (AvgIpc) is 2.49. The van der Waals surface area contributed by atoms with Gasteiger partial charge in [0.05, 0.1) is 6.20 Å². The molecule has 4 nitrogen and oxygen atoms in total. The number of benzene rings is 2. The van der Waals surface area contributed by atoms with Crippen LogP contribution in [-0.4, -0.2) is 17.0 Å². The summed E-state index contributed by atoms with van der Waals surface area (Å²) in [7, 11) is 1.66. The van der Waals surface area contributed by atoms with Gasteiger partial charge in [-0.05, 0) is 35.0 Å². The minimum Gasteiger partial charge on any atom is -0.436 e. The van der Waals surface area contributed by atoms with Gasteiger partial charge >= 0.3 is 0 Å². The van der Waals surface area contributed by atoms with Crippen molar-refractivity contribution < 1.29 is 9.13 Å². The first-order chi connectivity index (χ1) is 10.2. The summed E-state index contributed by atoms with van der Waals surface area (Å²) in [6.07, 6.45) is 1.08. The Balaban J connectivity index is 1.96. The first-order valence-electron chi connectivity index (χ1n) is 6.23. The third-order valence-electron chi connectivity index (χ3n) is 2.92. The Bertz CT molecular complexity index is 810. The van der Waals surface area contributed by atoms with Gasteiger partial charge in [0.2, 0.25) is 11.8 Å². The molecule has 1 aromatic heterocycles. The number of halogens is 2. The van der Waals surface area contributed by atoms with E-state index in [-0.39, 0.29) is 5.88 Å². The summed E-state index contributed by atoms with van der Waals surface area (Å²) in [5.41, 5.74) is 0. The molecule has 0 atom stereocenters. The van der Waals surface area contributed by atoms with Crippen molar-refractivity contribution in [3.8, 4) is 11.6 Å². The van der Waals surface area contributed by atoms with E-state index < -0.39 is 5.82 Å². The van der Waals surface area contributed by atoms with Crippen LogP contribution in [0.3, 0.4) is 0 Å². The number of nitrogens with one attached hydrogen (secondary N) is 1. The van der Waals surface area contributed by atoms with E-state index in [9.17, 15) is 4.39 Å². The van der Waals surface area contributed by atoms with E-state index in [4.69, 9.17) is 4.74 Å². The Morgan fingerprint density at radius 1 is 1.14 bits per heavy atom. The quantitative estimate of drug-likeness (QED) is 0.764. The molecule has 0 bridgehead atoms. The Hall–Kier alpha value is -2.21. The maximum Gasteiger partial charge on any atom is 0.260 e. The van der Waals surface area contributed by atoms with Crippen molar-refractivity contribution in [3.05, 3.63) is 52.9 Å². The maximum atomic E-state index is 13.7. The largest absolute Gasteiger partial charge is 0.436 e. The fourth-order valence-corrected chi connectivity index (χ4v) is 2.29. The highest BCUT2D eigenvalue weighted by Crippen LogP contribution is 2.28. The van der Waals surface area contributed by atoms with Crippen LogP contribution in [0.15, 0.2) is 47.1 Å². The summed E-state index contributed by atoms with van der Waals surface area (Å²) < 4.78 is 20.2. The fourth-order valence-electron chi connectivity index (χ4n) is 1.91. The molecule has 0 aliphatic heterocycles. The van der Waals surface area contributed by atoms with E-state index in [2.05, 4.69) is 31.2 Å². The second-order valence-electron chi connectivity index (χ2n) is 4.35. The molecule has 0 saturated heterocycles. The third kappa shape index (κ3) is 2.95. The van der Waals surface area contributed by atoms with Crippen molar-refractivity contribution in [1.29, 1.82) is 0 Å². The van der Waals surface area contributed by atoms with Crippen molar-refractivity contribution in [3.63, 3.8) is 0 Å². The van der Waals surface area contributed by atoms with Gasteiger partial charge < -0.3 is 10.1 Å². The molecule has 0 aliphatic rings. The molecule has 3 aromatic rings. The lowest BCUT2D eigenvalue weighted by Crippen LogP contribution is -2.00. The zero-order valence-corrected chi connectivity index (χ0v) is 12.7. The Kier molecular flexibility index (Phi) is 3.70. The lowest BCUT2D eigenvalue weighted by molar-refractivity contribution is 0.421. The highest BCUT2D eigenvalue weighted by atomic mass is 79.9. The summed E-state index contributed by atoms with van der Waals surface area (Å²) in [4.78, 5) is 7.73. The lowest BCUT2D eigenvalue weighted by atomic mass is 10.1. The molecular formula is C15H11BrFN3O. The van der Waals surface area contributed by atoms with Gasteiger partial charge in [0.1, 0.15) is 5.75 Å². The van der Waals surface area contributed by atoms with Crippen LogP contribution in [0.2, 0.25) is 0 Å². The molecule has 0 unspecified atom stereocenters. The standard InChI is InChI=1S/C15H11BrFN3O/c1-18-15-19-8-13(17)14(20-15)21-12-5-3-9-6-11(16)4-2-10(9)7-12/h2-8H,1H3,(H,18,19,20). The van der Waals surface area contributed by atoms with Crippen molar-refractivity contribution in [2.24, 2.45) is 0 Å². The number of hydrogen-bond donors (Lipinski definition) is 1. The maximum absolute atomic E-state index is 13.7. The molecule has 1 N–H and O–H groups in total. The van der Waals surface area contributed by atoms with Gasteiger partial charge in [0.25, 0.3) is 5.88 Å². The number of nitrogens with zero attached hydrogens (tertiary/aromatic N) is 2. The van der Waals surface area contributed by atoms with Crippen molar-refractivity contribution in [2.45, 2.75) is 0 Å². The van der Waals surface area contributed by atoms with E-state index >= 15 is 0 Å². The normalized spacial score (nSPS) is 10.6. The van der Waals surface area contributed by atoms with Gasteiger partial charge in [0.15, 0.2) is 0 Å². The summed E-state index contributed by atoms with van der Waals surface area (Å²) in [5, 5.41) is 4.81. The first-order valence-corrected chi connectivity index (χ1v) is 7.02. The van der Waals surface area contributed by atoms with Crippen LogP contribution in [0.25, 0.3) is 10.8 Å². The van der Waals surface area contributed by atoms with Gasteiger partial charge in [0, 0.05) is 11.5 Å². The van der Waals surface area contributed by atoms with Crippen LogP contribution < -0.4 is 10.1 Å². The molecule has 106 valence electrons. The Labute approximate surface area is 129 Å². The molecule has 2 aromatic carbocycles. The molecule has 6 heteroatoms. The predicted molar refractivity (Wildman–Crippen MR) is 83.3 cm³/mol. The van der Waals surface area contributed by atoms with E-state index in [1.54, 1.807) is 13.1 Å². The second-order valence-corrected chi connectivity index (χ2v) is 5.27. The van der Waals surface area contributed by atoms with Crippen molar-refractivity contribution in [1.82, 2.24) is 9.97 Å². The number of fused-ring (bicyclic) bond motifs is 1. The number of anilines is 1. The zero-order valence-electron chi connectivity index (χ0n) is 11.1. The van der Waals surface area contributed by atoms with Gasteiger partial charge in [-0.15, -0.1) is 0 Å². The number of aromatic nitrogens is 2. The van der Waals surface area contributed by atoms with Crippen LogP contribution in [-0.2, 0) is 0 Å². The molecule has 0 radical (unpaired) electrons. The molecule has 0 spiro atoms. The summed E-state index contributed by atoms with van der Waals surface area (Å²) >= 11 is 3.43. The van der Waals surface area contributed by atoms with Gasteiger partial charge in [-0.1, -0.05) is 28.1 Å². The zero-order chi connectivity index (χ0) is 14.8. The van der Waals surface area contributed by atoms with E-state index in [0.717, 1.165) is 21.4 Å². The first kappa shape index (κ1) is 13.8. The van der Waals surface area contributed by atoms with E-state index in [1.165, 1.54) is 0 Å².